The van der Waals surface area contributed by atoms with Crippen LogP contribution in [0.4, 0.5) is 5.69 Å². The maximum Gasteiger partial charge on any atom is 0.255 e. The topological polar surface area (TPSA) is 29.1 Å². The number of anilines is 1. The zero-order valence-electron chi connectivity index (χ0n) is 8.85. The van der Waals surface area contributed by atoms with Gasteiger partial charge in [-0.15, -0.1) is 12.6 Å². The van der Waals surface area contributed by atoms with Gasteiger partial charge in [-0.25, -0.2) is 0 Å². The second-order valence-corrected chi connectivity index (χ2v) is 4.94. The van der Waals surface area contributed by atoms with Gasteiger partial charge in [0.15, 0.2) is 0 Å². The highest BCUT2D eigenvalue weighted by Crippen LogP contribution is 2.15. The second kappa shape index (κ2) is 5.38. The van der Waals surface area contributed by atoms with E-state index < -0.39 is 0 Å². The Morgan fingerprint density at radius 2 is 1.59 bits per heavy atom. The van der Waals surface area contributed by atoms with Gasteiger partial charge < -0.3 is 5.32 Å². The fourth-order valence-electron chi connectivity index (χ4n) is 1.35. The summed E-state index contributed by atoms with van der Waals surface area (Å²) in [5, 5.41) is 2.82. The van der Waals surface area contributed by atoms with Gasteiger partial charge in [0, 0.05) is 20.6 Å². The lowest BCUT2D eigenvalue weighted by molar-refractivity contribution is 0.102. The summed E-state index contributed by atoms with van der Waals surface area (Å²) in [5.74, 6) is -0.124. The van der Waals surface area contributed by atoms with Gasteiger partial charge in [-0.1, -0.05) is 15.9 Å². The monoisotopic (exact) mass is 307 g/mol. The first-order valence-electron chi connectivity index (χ1n) is 5.01. The molecular formula is C13H10BrNOS. The summed E-state index contributed by atoms with van der Waals surface area (Å²) in [7, 11) is 0. The Morgan fingerprint density at radius 1 is 1.00 bits per heavy atom. The summed E-state index contributed by atoms with van der Waals surface area (Å²) in [6.07, 6.45) is 0. The molecule has 0 heterocycles. The van der Waals surface area contributed by atoms with Gasteiger partial charge in [0.2, 0.25) is 0 Å². The fourth-order valence-corrected chi connectivity index (χ4v) is 1.76. The lowest BCUT2D eigenvalue weighted by Crippen LogP contribution is -2.11. The highest BCUT2D eigenvalue weighted by atomic mass is 79.9. The normalized spacial score (nSPS) is 10.0. The Balaban J connectivity index is 2.11. The van der Waals surface area contributed by atoms with E-state index in [2.05, 4.69) is 33.9 Å². The quantitative estimate of drug-likeness (QED) is 0.807. The van der Waals surface area contributed by atoms with Crippen LogP contribution in [-0.2, 0) is 0 Å². The van der Waals surface area contributed by atoms with E-state index in [4.69, 9.17) is 0 Å². The molecule has 0 radical (unpaired) electrons. The van der Waals surface area contributed by atoms with Crippen LogP contribution in [-0.4, -0.2) is 5.91 Å². The highest BCUT2D eigenvalue weighted by molar-refractivity contribution is 9.10. The summed E-state index contributed by atoms with van der Waals surface area (Å²) in [6.45, 7) is 0. The van der Waals surface area contributed by atoms with Crippen LogP contribution in [0.25, 0.3) is 0 Å². The van der Waals surface area contributed by atoms with Crippen LogP contribution in [0.15, 0.2) is 57.9 Å². The maximum absolute atomic E-state index is 11.9. The third-order valence-electron chi connectivity index (χ3n) is 2.23. The minimum absolute atomic E-state index is 0.124. The van der Waals surface area contributed by atoms with Gasteiger partial charge in [0.1, 0.15) is 0 Å². The minimum Gasteiger partial charge on any atom is -0.322 e. The second-order valence-electron chi connectivity index (χ2n) is 3.51. The molecule has 0 aliphatic carbocycles. The number of carbonyl (C=O) groups excluding carboxylic acids is 1. The van der Waals surface area contributed by atoms with Crippen molar-refractivity contribution in [3.8, 4) is 0 Å². The number of carbonyl (C=O) groups is 1. The van der Waals surface area contributed by atoms with Gasteiger partial charge in [0.05, 0.1) is 0 Å². The zero-order valence-corrected chi connectivity index (χ0v) is 11.3. The number of thiol groups is 1. The molecule has 0 unspecified atom stereocenters. The van der Waals surface area contributed by atoms with E-state index in [-0.39, 0.29) is 5.91 Å². The molecule has 0 spiro atoms. The third-order valence-corrected chi connectivity index (χ3v) is 3.06. The average Bonchev–Trinajstić information content (AvgIpc) is 2.33. The van der Waals surface area contributed by atoms with E-state index in [0.29, 0.717) is 5.56 Å². The van der Waals surface area contributed by atoms with Crippen molar-refractivity contribution in [2.24, 2.45) is 0 Å². The van der Waals surface area contributed by atoms with E-state index in [1.807, 2.05) is 24.3 Å². The van der Waals surface area contributed by atoms with Crippen LogP contribution < -0.4 is 5.32 Å². The summed E-state index contributed by atoms with van der Waals surface area (Å²) >= 11 is 7.52. The molecule has 0 saturated heterocycles. The van der Waals surface area contributed by atoms with Crippen molar-refractivity contribution in [3.05, 3.63) is 58.6 Å². The number of hydrogen-bond acceptors (Lipinski definition) is 2. The van der Waals surface area contributed by atoms with Crippen LogP contribution in [0.3, 0.4) is 0 Å². The molecule has 86 valence electrons. The highest BCUT2D eigenvalue weighted by Gasteiger charge is 2.05. The smallest absolute Gasteiger partial charge is 0.255 e. The number of amides is 1. The summed E-state index contributed by atoms with van der Waals surface area (Å²) in [5.41, 5.74) is 1.39. The molecule has 0 aliphatic rings. The molecule has 0 fully saturated rings. The Morgan fingerprint density at radius 3 is 2.18 bits per heavy atom. The van der Waals surface area contributed by atoms with Crippen molar-refractivity contribution < 1.29 is 4.79 Å². The van der Waals surface area contributed by atoms with Gasteiger partial charge in [-0.05, 0) is 48.5 Å². The number of nitrogens with one attached hydrogen (secondary N) is 1. The predicted molar refractivity (Wildman–Crippen MR) is 75.8 cm³/mol. The average molecular weight is 308 g/mol. The van der Waals surface area contributed by atoms with E-state index >= 15 is 0 Å². The van der Waals surface area contributed by atoms with Crippen LogP contribution in [0, 0.1) is 0 Å². The number of hydrogen-bond donors (Lipinski definition) is 2. The standard InChI is InChI=1S/C13H10BrNOS/c14-10-3-5-11(6-4-10)15-13(16)9-1-7-12(17)8-2-9/h1-8,17H,(H,15,16). The molecule has 4 heteroatoms. The molecule has 0 aliphatic heterocycles. The van der Waals surface area contributed by atoms with Crippen LogP contribution in [0.5, 0.6) is 0 Å². The van der Waals surface area contributed by atoms with Crippen molar-refractivity contribution in [1.29, 1.82) is 0 Å². The number of benzene rings is 2. The van der Waals surface area contributed by atoms with Gasteiger partial charge in [-0.3, -0.25) is 4.79 Å². The van der Waals surface area contributed by atoms with Gasteiger partial charge >= 0.3 is 0 Å². The lowest BCUT2D eigenvalue weighted by atomic mass is 10.2. The Hall–Kier alpha value is -1.26. The molecule has 2 nitrogen and oxygen atoms in total. The van der Waals surface area contributed by atoms with Crippen molar-refractivity contribution in [3.63, 3.8) is 0 Å². The molecule has 0 bridgehead atoms. The predicted octanol–water partition coefficient (Wildman–Crippen LogP) is 3.99. The largest absolute Gasteiger partial charge is 0.322 e. The molecule has 2 rings (SSSR count). The van der Waals surface area contributed by atoms with E-state index in [1.54, 1.807) is 24.3 Å². The van der Waals surface area contributed by atoms with E-state index in [1.165, 1.54) is 0 Å². The molecule has 0 atom stereocenters. The fraction of sp³-hybridized carbons (Fsp3) is 0. The molecule has 1 N–H and O–H groups in total. The van der Waals surface area contributed by atoms with Crippen molar-refractivity contribution >= 4 is 40.2 Å². The Labute approximate surface area is 114 Å². The molecule has 2 aromatic rings. The SMILES string of the molecule is O=C(Nc1ccc(Br)cc1)c1ccc(S)cc1. The Bertz CT molecular complexity index is 522. The summed E-state index contributed by atoms with van der Waals surface area (Å²) in [6, 6.07) is 14.5. The van der Waals surface area contributed by atoms with E-state index in [9.17, 15) is 4.79 Å². The van der Waals surface area contributed by atoms with Crippen LogP contribution in [0.2, 0.25) is 0 Å². The summed E-state index contributed by atoms with van der Waals surface area (Å²) < 4.78 is 0.981. The summed E-state index contributed by atoms with van der Waals surface area (Å²) in [4.78, 5) is 12.7. The molecule has 0 saturated carbocycles. The van der Waals surface area contributed by atoms with Crippen LogP contribution >= 0.6 is 28.6 Å². The molecular weight excluding hydrogens is 298 g/mol. The van der Waals surface area contributed by atoms with Gasteiger partial charge in [-0.2, -0.15) is 0 Å². The molecule has 2 aromatic carbocycles. The first kappa shape index (κ1) is 12.2. The third kappa shape index (κ3) is 3.35. The molecule has 0 aromatic heterocycles. The van der Waals surface area contributed by atoms with E-state index in [0.717, 1.165) is 15.1 Å². The van der Waals surface area contributed by atoms with Gasteiger partial charge in [0.25, 0.3) is 5.91 Å². The van der Waals surface area contributed by atoms with Crippen molar-refractivity contribution in [2.45, 2.75) is 4.90 Å². The number of rotatable bonds is 2. The first-order chi connectivity index (χ1) is 8.15. The van der Waals surface area contributed by atoms with Crippen molar-refractivity contribution in [1.82, 2.24) is 0 Å². The lowest BCUT2D eigenvalue weighted by Gasteiger charge is -2.05. The zero-order chi connectivity index (χ0) is 12.3. The van der Waals surface area contributed by atoms with Crippen molar-refractivity contribution in [2.75, 3.05) is 5.32 Å². The number of halogens is 1. The molecule has 17 heavy (non-hydrogen) atoms. The van der Waals surface area contributed by atoms with Crippen LogP contribution in [0.1, 0.15) is 10.4 Å². The maximum atomic E-state index is 11.9. The minimum atomic E-state index is -0.124. The molecule has 1 amide bonds. The Kier molecular flexibility index (Phi) is 3.86. The first-order valence-corrected chi connectivity index (χ1v) is 6.25.